The Bertz CT molecular complexity index is 658. The second-order valence-electron chi connectivity index (χ2n) is 5.98. The number of hydrogen-bond donors (Lipinski definition) is 2. The van der Waals surface area contributed by atoms with Crippen molar-refractivity contribution in [2.45, 2.75) is 33.2 Å². The molecule has 0 radical (unpaired) electrons. The molecule has 0 aliphatic heterocycles. The zero-order valence-electron chi connectivity index (χ0n) is 13.3. The van der Waals surface area contributed by atoms with Crippen molar-refractivity contribution < 1.29 is 9.18 Å². The molecule has 0 bridgehead atoms. The van der Waals surface area contributed by atoms with Crippen LogP contribution in [0.4, 0.5) is 14.9 Å². The molecule has 0 aliphatic rings. The van der Waals surface area contributed by atoms with Crippen molar-refractivity contribution in [3.05, 3.63) is 65.0 Å². The van der Waals surface area contributed by atoms with Crippen LogP contribution in [0.5, 0.6) is 0 Å². The molecule has 0 saturated carbocycles. The molecule has 0 aliphatic carbocycles. The van der Waals surface area contributed by atoms with Crippen LogP contribution in [-0.2, 0) is 5.54 Å². The van der Waals surface area contributed by atoms with Gasteiger partial charge in [0, 0.05) is 5.69 Å². The Kier molecular flexibility index (Phi) is 4.50. The number of hydrogen-bond acceptors (Lipinski definition) is 1. The number of anilines is 1. The first kappa shape index (κ1) is 16.0. The van der Waals surface area contributed by atoms with E-state index in [1.165, 1.54) is 12.1 Å². The van der Waals surface area contributed by atoms with Crippen molar-refractivity contribution in [3.63, 3.8) is 0 Å². The normalized spacial score (nSPS) is 11.1. The number of halogens is 1. The van der Waals surface area contributed by atoms with Crippen LogP contribution in [0.25, 0.3) is 0 Å². The van der Waals surface area contributed by atoms with Crippen LogP contribution >= 0.6 is 0 Å². The van der Waals surface area contributed by atoms with Gasteiger partial charge in [-0.25, -0.2) is 9.18 Å². The summed E-state index contributed by atoms with van der Waals surface area (Å²) < 4.78 is 13.0. The molecule has 2 amide bonds. The first-order valence-corrected chi connectivity index (χ1v) is 7.21. The van der Waals surface area contributed by atoms with E-state index >= 15 is 0 Å². The van der Waals surface area contributed by atoms with Crippen molar-refractivity contribution >= 4 is 11.7 Å². The zero-order valence-corrected chi connectivity index (χ0v) is 13.3. The second-order valence-corrected chi connectivity index (χ2v) is 5.98. The predicted molar refractivity (Wildman–Crippen MR) is 87.5 cm³/mol. The van der Waals surface area contributed by atoms with E-state index in [9.17, 15) is 9.18 Å². The van der Waals surface area contributed by atoms with Crippen LogP contribution in [0.3, 0.4) is 0 Å². The highest BCUT2D eigenvalue weighted by atomic mass is 19.1. The van der Waals surface area contributed by atoms with Gasteiger partial charge in [-0.3, -0.25) is 0 Å². The molecule has 4 heteroatoms. The van der Waals surface area contributed by atoms with Gasteiger partial charge in [0.1, 0.15) is 5.82 Å². The first-order chi connectivity index (χ1) is 10.3. The van der Waals surface area contributed by atoms with E-state index in [1.807, 2.05) is 45.9 Å². The number of amides is 2. The third kappa shape index (κ3) is 3.64. The first-order valence-electron chi connectivity index (χ1n) is 7.21. The minimum Gasteiger partial charge on any atom is -0.329 e. The molecule has 0 saturated heterocycles. The van der Waals surface area contributed by atoms with Crippen LogP contribution in [0.15, 0.2) is 42.5 Å². The monoisotopic (exact) mass is 300 g/mol. The van der Waals surface area contributed by atoms with E-state index in [-0.39, 0.29) is 11.8 Å². The number of rotatable bonds is 3. The summed E-state index contributed by atoms with van der Waals surface area (Å²) >= 11 is 0. The van der Waals surface area contributed by atoms with Gasteiger partial charge in [0.15, 0.2) is 0 Å². The van der Waals surface area contributed by atoms with E-state index in [0.29, 0.717) is 0 Å². The fourth-order valence-electron chi connectivity index (χ4n) is 2.38. The highest BCUT2D eigenvalue weighted by Gasteiger charge is 2.23. The summed E-state index contributed by atoms with van der Waals surface area (Å²) in [7, 11) is 0. The van der Waals surface area contributed by atoms with Gasteiger partial charge >= 0.3 is 6.03 Å². The molecule has 0 unspecified atom stereocenters. The van der Waals surface area contributed by atoms with E-state index in [1.54, 1.807) is 12.1 Å². The topological polar surface area (TPSA) is 41.1 Å². The summed E-state index contributed by atoms with van der Waals surface area (Å²) in [5, 5.41) is 5.81. The number of carbonyl (C=O) groups excluding carboxylic acids is 1. The Morgan fingerprint density at radius 3 is 2.09 bits per heavy atom. The average molecular weight is 300 g/mol. The summed E-state index contributed by atoms with van der Waals surface area (Å²) in [5.41, 5.74) is 3.07. The van der Waals surface area contributed by atoms with Gasteiger partial charge in [0.05, 0.1) is 5.54 Å². The maximum atomic E-state index is 13.0. The zero-order chi connectivity index (χ0) is 16.3. The largest absolute Gasteiger partial charge is 0.329 e. The SMILES string of the molecule is Cc1cccc(C)c1NC(=O)NC(C)(C)c1ccc(F)cc1. The van der Waals surface area contributed by atoms with Crippen LogP contribution in [0.2, 0.25) is 0 Å². The molecule has 0 aromatic heterocycles. The molecule has 116 valence electrons. The lowest BCUT2D eigenvalue weighted by molar-refractivity contribution is 0.242. The minimum absolute atomic E-state index is 0.285. The lowest BCUT2D eigenvalue weighted by Crippen LogP contribution is -2.43. The van der Waals surface area contributed by atoms with E-state index in [0.717, 1.165) is 22.4 Å². The average Bonchev–Trinajstić information content (AvgIpc) is 2.43. The number of urea groups is 1. The van der Waals surface area contributed by atoms with E-state index in [4.69, 9.17) is 0 Å². The Morgan fingerprint density at radius 2 is 1.55 bits per heavy atom. The lowest BCUT2D eigenvalue weighted by atomic mass is 9.94. The molecule has 2 aromatic carbocycles. The molecule has 22 heavy (non-hydrogen) atoms. The Labute approximate surface area is 130 Å². The van der Waals surface area contributed by atoms with Crippen molar-refractivity contribution in [1.29, 1.82) is 0 Å². The van der Waals surface area contributed by atoms with Gasteiger partial charge in [-0.15, -0.1) is 0 Å². The van der Waals surface area contributed by atoms with E-state index < -0.39 is 5.54 Å². The standard InChI is InChI=1S/C18H21FN2O/c1-12-6-5-7-13(2)16(12)20-17(22)21-18(3,4)14-8-10-15(19)11-9-14/h5-11H,1-4H3,(H2,20,21,22). The molecule has 0 heterocycles. The Morgan fingerprint density at radius 1 is 1.00 bits per heavy atom. The summed E-state index contributed by atoms with van der Waals surface area (Å²) in [4.78, 5) is 12.3. The highest BCUT2D eigenvalue weighted by molar-refractivity contribution is 5.91. The van der Waals surface area contributed by atoms with Gasteiger partial charge < -0.3 is 10.6 Å². The molecule has 0 spiro atoms. The lowest BCUT2D eigenvalue weighted by Gasteiger charge is -2.27. The molecule has 2 aromatic rings. The summed E-state index contributed by atoms with van der Waals surface area (Å²) in [6.45, 7) is 7.66. The third-order valence-electron chi connectivity index (χ3n) is 3.71. The number of para-hydroxylation sites is 1. The molecule has 2 rings (SSSR count). The van der Waals surface area contributed by atoms with Gasteiger partial charge in [0.25, 0.3) is 0 Å². The van der Waals surface area contributed by atoms with Crippen molar-refractivity contribution in [1.82, 2.24) is 5.32 Å². The molecule has 3 nitrogen and oxygen atoms in total. The third-order valence-corrected chi connectivity index (χ3v) is 3.71. The van der Waals surface area contributed by atoms with Crippen LogP contribution in [0, 0.1) is 19.7 Å². The summed E-state index contributed by atoms with van der Waals surface area (Å²) in [6.07, 6.45) is 0. The van der Waals surface area contributed by atoms with Crippen LogP contribution in [0.1, 0.15) is 30.5 Å². The Balaban J connectivity index is 2.12. The second kappa shape index (κ2) is 6.18. The predicted octanol–water partition coefficient (Wildman–Crippen LogP) is 4.50. The van der Waals surface area contributed by atoms with Crippen molar-refractivity contribution in [2.24, 2.45) is 0 Å². The fraction of sp³-hybridized carbons (Fsp3) is 0.278. The van der Waals surface area contributed by atoms with Crippen molar-refractivity contribution in [3.8, 4) is 0 Å². The highest BCUT2D eigenvalue weighted by Crippen LogP contribution is 2.22. The number of nitrogens with one attached hydrogen (secondary N) is 2. The van der Waals surface area contributed by atoms with Gasteiger partial charge in [-0.2, -0.15) is 0 Å². The maximum Gasteiger partial charge on any atom is 0.319 e. The van der Waals surface area contributed by atoms with E-state index in [2.05, 4.69) is 10.6 Å². The van der Waals surface area contributed by atoms with Crippen LogP contribution in [-0.4, -0.2) is 6.03 Å². The maximum absolute atomic E-state index is 13.0. The summed E-state index contributed by atoms with van der Waals surface area (Å²) in [6, 6.07) is 11.7. The fourth-order valence-corrected chi connectivity index (χ4v) is 2.38. The molecular formula is C18H21FN2O. The number of benzene rings is 2. The summed E-state index contributed by atoms with van der Waals surface area (Å²) in [5.74, 6) is -0.292. The quantitative estimate of drug-likeness (QED) is 0.861. The number of carbonyl (C=O) groups is 1. The minimum atomic E-state index is -0.603. The Hall–Kier alpha value is -2.36. The smallest absolute Gasteiger partial charge is 0.319 e. The van der Waals surface area contributed by atoms with Gasteiger partial charge in [-0.05, 0) is 56.5 Å². The van der Waals surface area contributed by atoms with Crippen molar-refractivity contribution in [2.75, 3.05) is 5.32 Å². The molecule has 2 N–H and O–H groups in total. The molecule has 0 atom stereocenters. The molecular weight excluding hydrogens is 279 g/mol. The van der Waals surface area contributed by atoms with Gasteiger partial charge in [-0.1, -0.05) is 30.3 Å². The number of aryl methyl sites for hydroxylation is 2. The van der Waals surface area contributed by atoms with Crippen LogP contribution < -0.4 is 10.6 Å². The molecule has 0 fully saturated rings. The van der Waals surface area contributed by atoms with Gasteiger partial charge in [0.2, 0.25) is 0 Å².